The van der Waals surface area contributed by atoms with Gasteiger partial charge in [-0.05, 0) is 30.3 Å². The van der Waals surface area contributed by atoms with Crippen molar-refractivity contribution >= 4 is 27.7 Å². The number of amides is 1. The molecule has 0 N–H and O–H groups in total. The Labute approximate surface area is 172 Å². The summed E-state index contributed by atoms with van der Waals surface area (Å²) in [5.41, 5.74) is 0. The molecule has 154 valence electrons. The largest absolute Gasteiger partial charge is 0.369 e. The second-order valence-electron chi connectivity index (χ2n) is 6.93. The molecule has 2 aliphatic rings. The van der Waals surface area contributed by atoms with Gasteiger partial charge in [-0.1, -0.05) is 6.07 Å². The van der Waals surface area contributed by atoms with E-state index in [-0.39, 0.29) is 23.9 Å². The molecule has 0 saturated carbocycles. The van der Waals surface area contributed by atoms with Crippen LogP contribution in [0.4, 0.5) is 4.39 Å². The molecule has 2 atom stereocenters. The molecule has 0 aliphatic carbocycles. The number of ether oxygens (including phenoxy) is 1. The SMILES string of the molecule is O=C(CSc1ccncc1)N1CC2CN(S(=O)(=O)c3cccc(F)c3)CC(C1)O2. The van der Waals surface area contributed by atoms with Crippen molar-refractivity contribution in [2.24, 2.45) is 0 Å². The maximum Gasteiger partial charge on any atom is 0.243 e. The van der Waals surface area contributed by atoms with Crippen LogP contribution in [0.3, 0.4) is 0 Å². The topological polar surface area (TPSA) is 79.8 Å². The molecular weight excluding hydrogens is 417 g/mol. The second kappa shape index (κ2) is 8.39. The molecule has 1 amide bonds. The van der Waals surface area contributed by atoms with Crippen LogP contribution in [0.15, 0.2) is 58.6 Å². The molecule has 10 heteroatoms. The van der Waals surface area contributed by atoms with E-state index in [9.17, 15) is 17.6 Å². The van der Waals surface area contributed by atoms with E-state index in [0.29, 0.717) is 18.8 Å². The molecule has 29 heavy (non-hydrogen) atoms. The first-order valence-electron chi connectivity index (χ1n) is 9.13. The van der Waals surface area contributed by atoms with Crippen LogP contribution >= 0.6 is 11.8 Å². The van der Waals surface area contributed by atoms with Crippen LogP contribution in [0.5, 0.6) is 0 Å². The molecule has 1 aromatic heterocycles. The third kappa shape index (κ3) is 4.61. The van der Waals surface area contributed by atoms with Crippen molar-refractivity contribution in [1.29, 1.82) is 0 Å². The second-order valence-corrected chi connectivity index (χ2v) is 9.92. The molecule has 1 aromatic carbocycles. The smallest absolute Gasteiger partial charge is 0.243 e. The van der Waals surface area contributed by atoms with E-state index < -0.39 is 28.0 Å². The zero-order valence-corrected chi connectivity index (χ0v) is 17.1. The van der Waals surface area contributed by atoms with Crippen LogP contribution in [0.25, 0.3) is 0 Å². The van der Waals surface area contributed by atoms with Gasteiger partial charge in [0.1, 0.15) is 5.82 Å². The van der Waals surface area contributed by atoms with Gasteiger partial charge in [0.15, 0.2) is 0 Å². The molecule has 2 aliphatic heterocycles. The van der Waals surface area contributed by atoms with Gasteiger partial charge < -0.3 is 9.64 Å². The number of nitrogens with zero attached hydrogens (tertiary/aromatic N) is 3. The number of hydrogen-bond donors (Lipinski definition) is 0. The molecule has 2 bridgehead atoms. The molecule has 2 aromatic rings. The number of thioether (sulfide) groups is 1. The van der Waals surface area contributed by atoms with Crippen LogP contribution in [0.2, 0.25) is 0 Å². The molecule has 2 saturated heterocycles. The number of halogens is 1. The van der Waals surface area contributed by atoms with E-state index >= 15 is 0 Å². The number of fused-ring (bicyclic) bond motifs is 2. The first-order chi connectivity index (χ1) is 13.9. The van der Waals surface area contributed by atoms with Crippen molar-refractivity contribution in [3.8, 4) is 0 Å². The highest BCUT2D eigenvalue weighted by Gasteiger charge is 2.41. The number of carbonyl (C=O) groups is 1. The fraction of sp³-hybridized carbons (Fsp3) is 0.368. The van der Waals surface area contributed by atoms with E-state index in [2.05, 4.69) is 4.98 Å². The lowest BCUT2D eigenvalue weighted by atomic mass is 10.1. The van der Waals surface area contributed by atoms with Crippen molar-refractivity contribution in [3.05, 3.63) is 54.6 Å². The number of aromatic nitrogens is 1. The Morgan fingerprint density at radius 1 is 1.14 bits per heavy atom. The predicted octanol–water partition coefficient (Wildman–Crippen LogP) is 1.61. The van der Waals surface area contributed by atoms with Crippen molar-refractivity contribution < 1.29 is 22.3 Å². The number of morpholine rings is 2. The fourth-order valence-corrected chi connectivity index (χ4v) is 5.82. The standard InChI is InChI=1S/C19H20FN3O4S2/c20-14-2-1-3-18(8-14)29(25,26)23-11-15-9-22(10-16(12-23)27-15)19(24)13-28-17-4-6-21-7-5-17/h1-8,15-16H,9-13H2. The minimum atomic E-state index is -3.81. The highest BCUT2D eigenvalue weighted by atomic mass is 32.2. The number of benzene rings is 1. The maximum atomic E-state index is 13.5. The minimum absolute atomic E-state index is 0.00782. The lowest BCUT2D eigenvalue weighted by molar-refractivity contribution is -0.152. The Kier molecular flexibility index (Phi) is 5.86. The third-order valence-corrected chi connectivity index (χ3v) is 7.67. The molecule has 0 radical (unpaired) electrons. The summed E-state index contributed by atoms with van der Waals surface area (Å²) in [4.78, 5) is 19.2. The summed E-state index contributed by atoms with van der Waals surface area (Å²) in [6.07, 6.45) is 2.56. The molecule has 7 nitrogen and oxygen atoms in total. The van der Waals surface area contributed by atoms with Crippen molar-refractivity contribution in [1.82, 2.24) is 14.2 Å². The maximum absolute atomic E-state index is 13.5. The first kappa shape index (κ1) is 20.3. The molecular formula is C19H20FN3O4S2. The number of rotatable bonds is 5. The Hall–Kier alpha value is -2.01. The van der Waals surface area contributed by atoms with Gasteiger partial charge in [-0.2, -0.15) is 4.31 Å². The highest BCUT2D eigenvalue weighted by molar-refractivity contribution is 8.00. The first-order valence-corrected chi connectivity index (χ1v) is 11.6. The number of sulfonamides is 1. The van der Waals surface area contributed by atoms with Gasteiger partial charge >= 0.3 is 0 Å². The van der Waals surface area contributed by atoms with Crippen LogP contribution < -0.4 is 0 Å². The summed E-state index contributed by atoms with van der Waals surface area (Å²) in [5.74, 6) is -0.302. The molecule has 4 rings (SSSR count). The van der Waals surface area contributed by atoms with E-state index in [1.807, 2.05) is 12.1 Å². The summed E-state index contributed by atoms with van der Waals surface area (Å²) in [5, 5.41) is 0. The van der Waals surface area contributed by atoms with Gasteiger partial charge in [-0.15, -0.1) is 11.8 Å². The monoisotopic (exact) mass is 437 g/mol. The van der Waals surface area contributed by atoms with Gasteiger partial charge in [-0.25, -0.2) is 12.8 Å². The van der Waals surface area contributed by atoms with Crippen molar-refractivity contribution in [2.45, 2.75) is 22.0 Å². The minimum Gasteiger partial charge on any atom is -0.369 e. The summed E-state index contributed by atoms with van der Waals surface area (Å²) < 4.78 is 46.4. The normalized spacial score (nSPS) is 22.4. The highest BCUT2D eigenvalue weighted by Crippen LogP contribution is 2.26. The Balaban J connectivity index is 1.39. The number of carbonyl (C=O) groups excluding carboxylic acids is 1. The molecule has 3 heterocycles. The summed E-state index contributed by atoms with van der Waals surface area (Å²) in [6, 6.07) is 8.69. The molecule has 2 fully saturated rings. The van der Waals surface area contributed by atoms with Gasteiger partial charge in [0.05, 0.1) is 22.9 Å². The summed E-state index contributed by atoms with van der Waals surface area (Å²) >= 11 is 1.44. The van der Waals surface area contributed by atoms with Crippen molar-refractivity contribution in [3.63, 3.8) is 0 Å². The van der Waals surface area contributed by atoms with E-state index in [0.717, 1.165) is 11.0 Å². The third-order valence-electron chi connectivity index (χ3n) is 4.85. The zero-order chi connectivity index (χ0) is 20.4. The average molecular weight is 438 g/mol. The van der Waals surface area contributed by atoms with Crippen molar-refractivity contribution in [2.75, 3.05) is 31.9 Å². The average Bonchev–Trinajstić information content (AvgIpc) is 2.72. The Morgan fingerprint density at radius 3 is 2.48 bits per heavy atom. The number of hydrogen-bond acceptors (Lipinski definition) is 6. The van der Waals surface area contributed by atoms with Gasteiger partial charge in [-0.3, -0.25) is 9.78 Å². The van der Waals surface area contributed by atoms with Crippen LogP contribution in [0, 0.1) is 5.82 Å². The lowest BCUT2D eigenvalue weighted by Gasteiger charge is -2.45. The van der Waals surface area contributed by atoms with E-state index in [1.165, 1.54) is 34.3 Å². The van der Waals surface area contributed by atoms with Gasteiger partial charge in [0.2, 0.25) is 15.9 Å². The predicted molar refractivity (Wildman–Crippen MR) is 105 cm³/mol. The zero-order valence-electron chi connectivity index (χ0n) is 15.5. The summed E-state index contributed by atoms with van der Waals surface area (Å²) in [7, 11) is -3.81. The van der Waals surface area contributed by atoms with E-state index in [1.54, 1.807) is 17.3 Å². The van der Waals surface area contributed by atoms with Gasteiger partial charge in [0.25, 0.3) is 0 Å². The van der Waals surface area contributed by atoms with Gasteiger partial charge in [0, 0.05) is 43.5 Å². The van der Waals surface area contributed by atoms with Crippen LogP contribution in [0.1, 0.15) is 0 Å². The van der Waals surface area contributed by atoms with E-state index in [4.69, 9.17) is 4.74 Å². The number of pyridine rings is 1. The molecule has 2 unspecified atom stereocenters. The van der Waals surface area contributed by atoms with Crippen LogP contribution in [-0.4, -0.2) is 72.7 Å². The Morgan fingerprint density at radius 2 is 1.83 bits per heavy atom. The summed E-state index contributed by atoms with van der Waals surface area (Å²) in [6.45, 7) is 0.941. The quantitative estimate of drug-likeness (QED) is 0.662. The fourth-order valence-electron chi connectivity index (χ4n) is 3.50. The Bertz CT molecular complexity index is 976. The van der Waals surface area contributed by atoms with Crippen LogP contribution in [-0.2, 0) is 19.6 Å². The lowest BCUT2D eigenvalue weighted by Crippen LogP contribution is -2.61. The molecule has 0 spiro atoms.